The van der Waals surface area contributed by atoms with Gasteiger partial charge in [0.15, 0.2) is 0 Å². The van der Waals surface area contributed by atoms with Gasteiger partial charge in [0.25, 0.3) is 0 Å². The molecule has 1 spiro atoms. The van der Waals surface area contributed by atoms with Crippen molar-refractivity contribution < 1.29 is 29.0 Å². The second-order valence-electron chi connectivity index (χ2n) is 8.17. The molecule has 0 radical (unpaired) electrons. The highest BCUT2D eigenvalue weighted by atomic mass is 16.5. The third kappa shape index (κ3) is 2.15. The maximum Gasteiger partial charge on any atom is 0.310 e. The van der Waals surface area contributed by atoms with Crippen LogP contribution in [0.3, 0.4) is 0 Å². The van der Waals surface area contributed by atoms with Crippen molar-refractivity contribution in [2.75, 3.05) is 19.1 Å². The Morgan fingerprint density at radius 2 is 2.14 bits per heavy atom. The van der Waals surface area contributed by atoms with Gasteiger partial charge in [0.1, 0.15) is 17.3 Å². The molecular formula is C21H22N2O6. The molecule has 8 heteroatoms. The number of rotatable bonds is 3. The molecule has 8 nitrogen and oxygen atoms in total. The van der Waals surface area contributed by atoms with Crippen molar-refractivity contribution in [3.05, 3.63) is 35.9 Å². The van der Waals surface area contributed by atoms with Gasteiger partial charge in [0, 0.05) is 25.2 Å². The molecule has 5 rings (SSSR count). The van der Waals surface area contributed by atoms with Gasteiger partial charge in [-0.25, -0.2) is 0 Å². The summed E-state index contributed by atoms with van der Waals surface area (Å²) in [5.41, 5.74) is 0.519. The number of aliphatic carboxylic acids is 1. The van der Waals surface area contributed by atoms with E-state index in [2.05, 4.69) is 0 Å². The zero-order valence-electron chi connectivity index (χ0n) is 16.4. The second-order valence-corrected chi connectivity index (χ2v) is 8.17. The molecule has 29 heavy (non-hydrogen) atoms. The van der Waals surface area contributed by atoms with Gasteiger partial charge >= 0.3 is 5.97 Å². The summed E-state index contributed by atoms with van der Waals surface area (Å²) in [6.45, 7) is 1.51. The lowest BCUT2D eigenvalue weighted by molar-refractivity contribution is -0.146. The average Bonchev–Trinajstić information content (AvgIpc) is 3.34. The van der Waals surface area contributed by atoms with Crippen molar-refractivity contribution >= 4 is 23.5 Å². The molecule has 1 aromatic carbocycles. The van der Waals surface area contributed by atoms with Crippen molar-refractivity contribution in [2.45, 2.75) is 37.1 Å². The summed E-state index contributed by atoms with van der Waals surface area (Å²) in [5.74, 6) is -2.38. The monoisotopic (exact) mass is 398 g/mol. The van der Waals surface area contributed by atoms with Crippen LogP contribution < -0.4 is 9.64 Å². The summed E-state index contributed by atoms with van der Waals surface area (Å²) in [5, 5.41) is 9.75. The molecule has 0 aromatic heterocycles. The molecule has 2 bridgehead atoms. The minimum atomic E-state index is -1.02. The minimum absolute atomic E-state index is 0.0915. The van der Waals surface area contributed by atoms with E-state index in [4.69, 9.17) is 9.47 Å². The van der Waals surface area contributed by atoms with Crippen molar-refractivity contribution in [1.29, 1.82) is 0 Å². The van der Waals surface area contributed by atoms with Gasteiger partial charge in [-0.05, 0) is 24.6 Å². The molecular weight excluding hydrogens is 376 g/mol. The van der Waals surface area contributed by atoms with E-state index < -0.39 is 29.5 Å². The first-order valence-electron chi connectivity index (χ1n) is 9.64. The highest BCUT2D eigenvalue weighted by molar-refractivity contribution is 6.04. The number of carboxylic acid groups (broad SMARTS) is 1. The molecule has 0 aliphatic carbocycles. The molecule has 2 saturated heterocycles. The van der Waals surface area contributed by atoms with Gasteiger partial charge in [-0.15, -0.1) is 0 Å². The molecule has 2 amide bonds. The van der Waals surface area contributed by atoms with E-state index in [9.17, 15) is 19.5 Å². The third-order valence-corrected chi connectivity index (χ3v) is 6.97. The van der Waals surface area contributed by atoms with E-state index in [0.29, 0.717) is 17.9 Å². The van der Waals surface area contributed by atoms with Crippen LogP contribution in [0, 0.1) is 11.8 Å². The Labute approximate surface area is 167 Å². The number of nitrogens with zero attached hydrogens (tertiary/aromatic N) is 2. The first kappa shape index (κ1) is 18.2. The fourth-order valence-corrected chi connectivity index (χ4v) is 5.58. The Kier molecular flexibility index (Phi) is 3.65. The van der Waals surface area contributed by atoms with E-state index in [1.807, 2.05) is 18.2 Å². The fraction of sp³-hybridized carbons (Fsp3) is 0.476. The van der Waals surface area contributed by atoms with Crippen LogP contribution in [0.15, 0.2) is 30.4 Å². The Hall–Kier alpha value is -2.87. The quantitative estimate of drug-likeness (QED) is 0.773. The van der Waals surface area contributed by atoms with Crippen LogP contribution >= 0.6 is 0 Å². The number of benzene rings is 1. The molecule has 0 saturated carbocycles. The molecule has 152 valence electrons. The molecule has 2 fully saturated rings. The first-order valence-corrected chi connectivity index (χ1v) is 9.64. The van der Waals surface area contributed by atoms with E-state index in [1.54, 1.807) is 36.1 Å². The fourth-order valence-electron chi connectivity index (χ4n) is 5.58. The van der Waals surface area contributed by atoms with E-state index in [0.717, 1.165) is 5.56 Å². The van der Waals surface area contributed by atoms with Gasteiger partial charge in [-0.3, -0.25) is 14.4 Å². The van der Waals surface area contributed by atoms with Gasteiger partial charge in [0.2, 0.25) is 11.8 Å². The van der Waals surface area contributed by atoms with Crippen molar-refractivity contribution in [3.63, 3.8) is 0 Å². The standard InChI is InChI=1S/C21H22N2O6/c1-10(24)22(2)14-9-16-21-7-6-15(29-21)17(20(26)27)18(21)19(25)23(16)13-5-4-11(28-3)8-12(13)14/h4-8,14-18H,9H2,1-3H3,(H,26,27)/t14-,15-,16-,17-,18+,21-/m0/s1. The highest BCUT2D eigenvalue weighted by Crippen LogP contribution is 2.60. The number of fused-ring (bicyclic) bond motifs is 4. The number of methoxy groups -OCH3 is 1. The van der Waals surface area contributed by atoms with Gasteiger partial charge in [-0.1, -0.05) is 12.2 Å². The molecule has 0 unspecified atom stereocenters. The second kappa shape index (κ2) is 5.82. The summed E-state index contributed by atoms with van der Waals surface area (Å²) < 4.78 is 11.5. The Bertz CT molecular complexity index is 974. The van der Waals surface area contributed by atoms with Crippen molar-refractivity contribution in [3.8, 4) is 5.75 Å². The maximum absolute atomic E-state index is 13.5. The van der Waals surface area contributed by atoms with Crippen molar-refractivity contribution in [2.24, 2.45) is 11.8 Å². The summed E-state index contributed by atoms with van der Waals surface area (Å²) in [7, 11) is 3.30. The molecule has 4 heterocycles. The smallest absolute Gasteiger partial charge is 0.310 e. The number of anilines is 1. The number of hydrogen-bond donors (Lipinski definition) is 1. The SMILES string of the molecule is COc1ccc2c(c1)[C@@H](N(C)C(C)=O)C[C@@H]1N2C(=O)[C@H]2[C@@H](C(=O)O)[C@@H]3C=C[C@]12O3. The predicted octanol–water partition coefficient (Wildman–Crippen LogP) is 1.36. The molecule has 1 aromatic rings. The molecule has 6 atom stereocenters. The molecule has 4 aliphatic heterocycles. The molecule has 4 aliphatic rings. The van der Waals surface area contributed by atoms with Crippen LogP contribution in [0.2, 0.25) is 0 Å². The Morgan fingerprint density at radius 1 is 1.38 bits per heavy atom. The van der Waals surface area contributed by atoms with Crippen LogP contribution in [0.25, 0.3) is 0 Å². The van der Waals surface area contributed by atoms with Crippen LogP contribution in [0.4, 0.5) is 5.69 Å². The Balaban J connectivity index is 1.68. The number of carboxylic acids is 1. The highest BCUT2D eigenvalue weighted by Gasteiger charge is 2.72. The van der Waals surface area contributed by atoms with Crippen LogP contribution in [-0.2, 0) is 19.1 Å². The number of amides is 2. The average molecular weight is 398 g/mol. The van der Waals surface area contributed by atoms with Crippen molar-refractivity contribution in [1.82, 2.24) is 4.90 Å². The van der Waals surface area contributed by atoms with E-state index in [-0.39, 0.29) is 23.9 Å². The lowest BCUT2D eigenvalue weighted by atomic mass is 9.73. The van der Waals surface area contributed by atoms with Gasteiger partial charge in [-0.2, -0.15) is 0 Å². The van der Waals surface area contributed by atoms with Crippen LogP contribution in [-0.4, -0.2) is 59.7 Å². The predicted molar refractivity (Wildman–Crippen MR) is 101 cm³/mol. The van der Waals surface area contributed by atoms with E-state index in [1.165, 1.54) is 6.92 Å². The van der Waals surface area contributed by atoms with E-state index >= 15 is 0 Å². The summed E-state index contributed by atoms with van der Waals surface area (Å²) in [4.78, 5) is 40.9. The number of hydrogen-bond acceptors (Lipinski definition) is 5. The lowest BCUT2D eigenvalue weighted by Gasteiger charge is -2.43. The normalized spacial score (nSPS) is 35.9. The number of carbonyl (C=O) groups is 3. The summed E-state index contributed by atoms with van der Waals surface area (Å²) >= 11 is 0. The third-order valence-electron chi connectivity index (χ3n) is 6.97. The number of carbonyl (C=O) groups excluding carboxylic acids is 2. The molecule has 1 N–H and O–H groups in total. The summed E-state index contributed by atoms with van der Waals surface area (Å²) in [6, 6.07) is 4.77. The zero-order valence-corrected chi connectivity index (χ0v) is 16.4. The first-order chi connectivity index (χ1) is 13.8. The van der Waals surface area contributed by atoms with Gasteiger partial charge < -0.3 is 24.4 Å². The summed E-state index contributed by atoms with van der Waals surface area (Å²) in [6.07, 6.45) is 3.50. The van der Waals surface area contributed by atoms with Gasteiger partial charge in [0.05, 0.1) is 31.2 Å². The topological polar surface area (TPSA) is 96.4 Å². The lowest BCUT2D eigenvalue weighted by Crippen LogP contribution is -2.50. The minimum Gasteiger partial charge on any atom is -0.497 e. The number of ether oxygens (including phenoxy) is 2. The van der Waals surface area contributed by atoms with Crippen LogP contribution in [0.1, 0.15) is 24.9 Å². The maximum atomic E-state index is 13.5. The zero-order chi connectivity index (χ0) is 20.7. The van der Waals surface area contributed by atoms with Crippen LogP contribution in [0.5, 0.6) is 5.75 Å². The largest absolute Gasteiger partial charge is 0.497 e. The Morgan fingerprint density at radius 3 is 2.79 bits per heavy atom.